The monoisotopic (exact) mass is 558 g/mol. The number of hydrogen-bond donors (Lipinski definition) is 1. The molecule has 0 radical (unpaired) electrons. The zero-order valence-electron chi connectivity index (χ0n) is 23.4. The van der Waals surface area contributed by atoms with Crippen molar-refractivity contribution in [3.8, 4) is 5.75 Å². The van der Waals surface area contributed by atoms with Crippen LogP contribution in [0.1, 0.15) is 73.8 Å². The second-order valence-electron chi connectivity index (χ2n) is 11.9. The van der Waals surface area contributed by atoms with Gasteiger partial charge in [0.1, 0.15) is 11.3 Å². The predicted octanol–water partition coefficient (Wildman–Crippen LogP) is 7.48. The predicted molar refractivity (Wildman–Crippen MR) is 159 cm³/mol. The van der Waals surface area contributed by atoms with Crippen molar-refractivity contribution in [3.05, 3.63) is 88.2 Å². The Balaban J connectivity index is 1.17. The molecule has 1 unspecified atom stereocenters. The number of anilines is 1. The summed E-state index contributed by atoms with van der Waals surface area (Å²) in [5.41, 5.74) is 5.65. The smallest absolute Gasteiger partial charge is 0.331 e. The first-order valence-corrected chi connectivity index (χ1v) is 15.2. The minimum atomic E-state index is -0.754. The van der Waals surface area contributed by atoms with Crippen LogP contribution in [0.3, 0.4) is 0 Å². The Morgan fingerprint density at radius 2 is 1.88 bits per heavy atom. The molecular formula is C34H39ClN2O3. The van der Waals surface area contributed by atoms with Crippen molar-refractivity contribution in [1.82, 2.24) is 4.98 Å². The van der Waals surface area contributed by atoms with Gasteiger partial charge in [-0.3, -0.25) is 4.98 Å². The fourth-order valence-corrected chi connectivity index (χ4v) is 7.89. The van der Waals surface area contributed by atoms with E-state index in [1.54, 1.807) is 0 Å². The lowest BCUT2D eigenvalue weighted by molar-refractivity contribution is -0.148. The summed E-state index contributed by atoms with van der Waals surface area (Å²) in [6.45, 7) is 0.724. The highest BCUT2D eigenvalue weighted by Gasteiger charge is 2.54. The van der Waals surface area contributed by atoms with Gasteiger partial charge in [-0.15, -0.1) is 0 Å². The Morgan fingerprint density at radius 1 is 1.05 bits per heavy atom. The molecule has 40 heavy (non-hydrogen) atoms. The van der Waals surface area contributed by atoms with Crippen molar-refractivity contribution < 1.29 is 14.3 Å². The van der Waals surface area contributed by atoms with Crippen molar-refractivity contribution in [2.45, 2.75) is 81.6 Å². The van der Waals surface area contributed by atoms with Crippen LogP contribution in [0, 0.1) is 5.92 Å². The van der Waals surface area contributed by atoms with E-state index in [0.717, 1.165) is 75.8 Å². The molecule has 0 bridgehead atoms. The second kappa shape index (κ2) is 11.4. The number of aryl methyl sites for hydroxylation is 1. The molecular weight excluding hydrogens is 520 g/mol. The first kappa shape index (κ1) is 27.1. The van der Waals surface area contributed by atoms with Gasteiger partial charge in [0.25, 0.3) is 0 Å². The molecule has 3 aliphatic carbocycles. The van der Waals surface area contributed by atoms with E-state index < -0.39 is 5.54 Å². The lowest BCUT2D eigenvalue weighted by Gasteiger charge is -2.47. The van der Waals surface area contributed by atoms with Gasteiger partial charge in [-0.2, -0.15) is 0 Å². The molecule has 3 aromatic rings. The van der Waals surface area contributed by atoms with Gasteiger partial charge in [-0.1, -0.05) is 41.9 Å². The SMILES string of the molecule is COC(=O)C1(Nc2cccc(Cl)c2)CCC2(CC1)c1ccccc1CC2CCCOc1ccnc2c1CCCC2. The van der Waals surface area contributed by atoms with Gasteiger partial charge >= 0.3 is 5.97 Å². The van der Waals surface area contributed by atoms with E-state index in [1.807, 2.05) is 36.5 Å². The number of fused-ring (bicyclic) bond motifs is 3. The summed E-state index contributed by atoms with van der Waals surface area (Å²) in [7, 11) is 1.49. The lowest BCUT2D eigenvalue weighted by atomic mass is 9.60. The van der Waals surface area contributed by atoms with Crippen LogP contribution in [0.25, 0.3) is 0 Å². The summed E-state index contributed by atoms with van der Waals surface area (Å²) >= 11 is 6.26. The molecule has 0 aliphatic heterocycles. The molecule has 3 aliphatic rings. The summed E-state index contributed by atoms with van der Waals surface area (Å²) in [4.78, 5) is 17.8. The third-order valence-corrected chi connectivity index (χ3v) is 9.96. The molecule has 1 saturated carbocycles. The van der Waals surface area contributed by atoms with Gasteiger partial charge in [-0.25, -0.2) is 4.79 Å². The highest BCUT2D eigenvalue weighted by molar-refractivity contribution is 6.30. The first-order chi connectivity index (χ1) is 19.5. The molecule has 210 valence electrons. The summed E-state index contributed by atoms with van der Waals surface area (Å²) in [5.74, 6) is 1.36. The Kier molecular flexibility index (Phi) is 7.76. The number of esters is 1. The molecule has 5 nitrogen and oxygen atoms in total. The van der Waals surface area contributed by atoms with Crippen molar-refractivity contribution in [3.63, 3.8) is 0 Å². The minimum absolute atomic E-state index is 0.0694. The molecule has 1 atom stereocenters. The van der Waals surface area contributed by atoms with E-state index in [0.29, 0.717) is 10.9 Å². The topological polar surface area (TPSA) is 60.5 Å². The second-order valence-corrected chi connectivity index (χ2v) is 12.3. The number of ether oxygens (including phenoxy) is 2. The zero-order chi connectivity index (χ0) is 27.6. The summed E-state index contributed by atoms with van der Waals surface area (Å²) in [6, 6.07) is 18.6. The van der Waals surface area contributed by atoms with Crippen LogP contribution in [0.5, 0.6) is 5.75 Å². The largest absolute Gasteiger partial charge is 0.493 e. The number of benzene rings is 2. The van der Waals surface area contributed by atoms with Crippen LogP contribution in [-0.2, 0) is 34.2 Å². The molecule has 2 aromatic carbocycles. The Hall–Kier alpha value is -3.05. The van der Waals surface area contributed by atoms with Crippen LogP contribution < -0.4 is 10.1 Å². The molecule has 6 heteroatoms. The van der Waals surface area contributed by atoms with E-state index in [2.05, 4.69) is 34.6 Å². The van der Waals surface area contributed by atoms with Gasteiger partial charge in [0.15, 0.2) is 0 Å². The third-order valence-electron chi connectivity index (χ3n) is 9.73. The number of nitrogens with zero attached hydrogens (tertiary/aromatic N) is 1. The standard InChI is InChI=1S/C34H39ClN2O3/c1-39-32(38)34(37-27-11-6-10-26(35)23-27)18-16-33(17-19-34)25(22-24-8-2-4-13-29(24)33)9-7-21-40-31-15-20-36-30-14-5-3-12-28(30)31/h2,4,6,8,10-11,13,15,20,23,25,37H,3,5,7,9,12,14,16-19,21-22H2,1H3. The van der Waals surface area contributed by atoms with Gasteiger partial charge in [-0.05, 0) is 117 Å². The maximum absolute atomic E-state index is 13.2. The summed E-state index contributed by atoms with van der Waals surface area (Å²) in [5, 5.41) is 4.19. The summed E-state index contributed by atoms with van der Waals surface area (Å²) < 4.78 is 11.7. The van der Waals surface area contributed by atoms with Crippen LogP contribution in [0.4, 0.5) is 5.69 Å². The lowest BCUT2D eigenvalue weighted by Crippen LogP contribution is -2.53. The fraction of sp³-hybridized carbons (Fsp3) is 0.471. The van der Waals surface area contributed by atoms with E-state index in [-0.39, 0.29) is 11.4 Å². The molecule has 6 rings (SSSR count). The van der Waals surface area contributed by atoms with E-state index in [4.69, 9.17) is 21.1 Å². The van der Waals surface area contributed by atoms with Gasteiger partial charge in [0.2, 0.25) is 0 Å². The van der Waals surface area contributed by atoms with Crippen LogP contribution in [0.2, 0.25) is 5.02 Å². The maximum Gasteiger partial charge on any atom is 0.331 e. The van der Waals surface area contributed by atoms with E-state index >= 15 is 0 Å². The number of halogens is 1. The van der Waals surface area contributed by atoms with E-state index in [1.165, 1.54) is 42.3 Å². The number of carbonyl (C=O) groups excluding carboxylic acids is 1. The number of aromatic nitrogens is 1. The highest BCUT2D eigenvalue weighted by atomic mass is 35.5. The molecule has 1 fully saturated rings. The highest BCUT2D eigenvalue weighted by Crippen LogP contribution is 2.55. The minimum Gasteiger partial charge on any atom is -0.493 e. The van der Waals surface area contributed by atoms with Crippen molar-refractivity contribution in [2.75, 3.05) is 19.0 Å². The molecule has 0 amide bonds. The molecule has 1 N–H and O–H groups in total. The molecule has 1 aromatic heterocycles. The van der Waals surface area contributed by atoms with Gasteiger partial charge in [0, 0.05) is 28.2 Å². The average Bonchev–Trinajstić information content (AvgIpc) is 3.29. The zero-order valence-corrected chi connectivity index (χ0v) is 24.1. The number of hydrogen-bond acceptors (Lipinski definition) is 5. The molecule has 1 spiro atoms. The van der Waals surface area contributed by atoms with E-state index in [9.17, 15) is 4.79 Å². The Morgan fingerprint density at radius 3 is 2.70 bits per heavy atom. The fourth-order valence-electron chi connectivity index (χ4n) is 7.70. The Bertz CT molecular complexity index is 1360. The van der Waals surface area contributed by atoms with Crippen molar-refractivity contribution in [2.24, 2.45) is 5.92 Å². The van der Waals surface area contributed by atoms with Crippen molar-refractivity contribution in [1.29, 1.82) is 0 Å². The number of rotatable bonds is 8. The molecule has 0 saturated heterocycles. The number of pyridine rings is 1. The first-order valence-electron chi connectivity index (χ1n) is 14.8. The average molecular weight is 559 g/mol. The normalized spacial score (nSPS) is 25.2. The number of methoxy groups -OCH3 is 1. The quantitative estimate of drug-likeness (QED) is 0.229. The number of nitrogens with one attached hydrogen (secondary N) is 1. The third kappa shape index (κ3) is 5.09. The van der Waals surface area contributed by atoms with Crippen LogP contribution in [-0.4, -0.2) is 30.2 Å². The van der Waals surface area contributed by atoms with Gasteiger partial charge < -0.3 is 14.8 Å². The van der Waals surface area contributed by atoms with Gasteiger partial charge in [0.05, 0.1) is 13.7 Å². The van der Waals surface area contributed by atoms with Crippen LogP contribution in [0.15, 0.2) is 60.8 Å². The Labute approximate surface area is 242 Å². The van der Waals surface area contributed by atoms with Crippen molar-refractivity contribution >= 4 is 23.3 Å². The summed E-state index contributed by atoms with van der Waals surface area (Å²) in [6.07, 6.45) is 13.0. The van der Waals surface area contributed by atoms with Crippen LogP contribution >= 0.6 is 11.6 Å². The molecule has 1 heterocycles. The maximum atomic E-state index is 13.2. The number of carbonyl (C=O) groups is 1.